The van der Waals surface area contributed by atoms with Gasteiger partial charge in [-0.15, -0.1) is 0 Å². The number of aryl methyl sites for hydroxylation is 1. The van der Waals surface area contributed by atoms with E-state index >= 15 is 0 Å². The standard InChI is InChI=1S/C15H20N4/c1-11(13-8-17-18(2)9-13)19-7-6-14-12(10-19)4-3-5-15(14)16/h3-5,8-9,11H,6-7,10,16H2,1-2H3. The molecule has 0 fully saturated rings. The van der Waals surface area contributed by atoms with E-state index in [-0.39, 0.29) is 0 Å². The highest BCUT2D eigenvalue weighted by molar-refractivity contribution is 5.51. The van der Waals surface area contributed by atoms with Crippen LogP contribution in [0.2, 0.25) is 0 Å². The predicted molar refractivity (Wildman–Crippen MR) is 76.6 cm³/mol. The summed E-state index contributed by atoms with van der Waals surface area (Å²) in [7, 11) is 1.96. The average molecular weight is 256 g/mol. The van der Waals surface area contributed by atoms with E-state index in [1.807, 2.05) is 30.1 Å². The molecule has 1 aromatic heterocycles. The highest BCUT2D eigenvalue weighted by Crippen LogP contribution is 2.29. The van der Waals surface area contributed by atoms with Gasteiger partial charge in [0.05, 0.1) is 6.20 Å². The Morgan fingerprint density at radius 3 is 2.95 bits per heavy atom. The van der Waals surface area contributed by atoms with Crippen molar-refractivity contribution in [3.05, 3.63) is 47.3 Å². The van der Waals surface area contributed by atoms with Crippen LogP contribution in [0.5, 0.6) is 0 Å². The van der Waals surface area contributed by atoms with Crippen molar-refractivity contribution in [2.24, 2.45) is 7.05 Å². The molecular weight excluding hydrogens is 236 g/mol. The maximum atomic E-state index is 6.05. The molecule has 0 saturated carbocycles. The smallest absolute Gasteiger partial charge is 0.0537 e. The third-order valence-corrected chi connectivity index (χ3v) is 4.09. The Balaban J connectivity index is 1.82. The lowest BCUT2D eigenvalue weighted by Gasteiger charge is -2.33. The summed E-state index contributed by atoms with van der Waals surface area (Å²) in [4.78, 5) is 2.48. The van der Waals surface area contributed by atoms with E-state index in [2.05, 4.69) is 29.2 Å². The van der Waals surface area contributed by atoms with Gasteiger partial charge in [0.2, 0.25) is 0 Å². The summed E-state index contributed by atoms with van der Waals surface area (Å²) >= 11 is 0. The van der Waals surface area contributed by atoms with Crippen molar-refractivity contribution >= 4 is 5.69 Å². The molecule has 2 heterocycles. The number of aromatic nitrogens is 2. The van der Waals surface area contributed by atoms with E-state index in [4.69, 9.17) is 5.73 Å². The molecule has 19 heavy (non-hydrogen) atoms. The van der Waals surface area contributed by atoms with E-state index in [0.717, 1.165) is 25.2 Å². The highest BCUT2D eigenvalue weighted by atomic mass is 15.2. The number of nitrogens with zero attached hydrogens (tertiary/aromatic N) is 3. The molecule has 4 heteroatoms. The SMILES string of the molecule is CC(c1cnn(C)c1)N1CCc2c(N)cccc2C1. The van der Waals surface area contributed by atoms with Gasteiger partial charge in [0.15, 0.2) is 0 Å². The van der Waals surface area contributed by atoms with Gasteiger partial charge in [-0.2, -0.15) is 5.10 Å². The average Bonchev–Trinajstić information content (AvgIpc) is 2.84. The molecule has 0 spiro atoms. The molecule has 4 nitrogen and oxygen atoms in total. The Morgan fingerprint density at radius 2 is 2.21 bits per heavy atom. The summed E-state index contributed by atoms with van der Waals surface area (Å²) in [6, 6.07) is 6.63. The van der Waals surface area contributed by atoms with Crippen molar-refractivity contribution in [1.29, 1.82) is 0 Å². The second kappa shape index (κ2) is 4.70. The minimum atomic E-state index is 0.392. The molecule has 1 atom stereocenters. The minimum absolute atomic E-state index is 0.392. The number of hydrogen-bond acceptors (Lipinski definition) is 3. The molecule has 3 rings (SSSR count). The largest absolute Gasteiger partial charge is 0.398 e. The lowest BCUT2D eigenvalue weighted by Crippen LogP contribution is -2.33. The van der Waals surface area contributed by atoms with E-state index in [0.29, 0.717) is 6.04 Å². The van der Waals surface area contributed by atoms with Crippen LogP contribution in [0.25, 0.3) is 0 Å². The summed E-state index contributed by atoms with van der Waals surface area (Å²) < 4.78 is 1.86. The molecule has 0 saturated heterocycles. The lowest BCUT2D eigenvalue weighted by atomic mass is 9.96. The zero-order valence-corrected chi connectivity index (χ0v) is 11.5. The number of hydrogen-bond donors (Lipinski definition) is 1. The second-order valence-corrected chi connectivity index (χ2v) is 5.33. The Labute approximate surface area is 113 Å². The van der Waals surface area contributed by atoms with Crippen LogP contribution >= 0.6 is 0 Å². The van der Waals surface area contributed by atoms with Crippen molar-refractivity contribution in [2.75, 3.05) is 12.3 Å². The van der Waals surface area contributed by atoms with Crippen LogP contribution in [0.4, 0.5) is 5.69 Å². The Morgan fingerprint density at radius 1 is 1.37 bits per heavy atom. The second-order valence-electron chi connectivity index (χ2n) is 5.33. The molecule has 2 N–H and O–H groups in total. The predicted octanol–water partition coefficient (Wildman–Crippen LogP) is 2.12. The van der Waals surface area contributed by atoms with Gasteiger partial charge in [-0.25, -0.2) is 0 Å². The first-order valence-corrected chi connectivity index (χ1v) is 6.74. The number of benzene rings is 1. The van der Waals surface area contributed by atoms with E-state index in [1.54, 1.807) is 0 Å². The summed E-state index contributed by atoms with van der Waals surface area (Å²) in [6.07, 6.45) is 5.09. The first kappa shape index (κ1) is 12.2. The van der Waals surface area contributed by atoms with Gasteiger partial charge in [-0.3, -0.25) is 9.58 Å². The molecular formula is C15H20N4. The first-order chi connectivity index (χ1) is 9.15. The van der Waals surface area contributed by atoms with Crippen LogP contribution in [0.3, 0.4) is 0 Å². The first-order valence-electron chi connectivity index (χ1n) is 6.74. The van der Waals surface area contributed by atoms with Gasteiger partial charge >= 0.3 is 0 Å². The Kier molecular flexibility index (Phi) is 3.03. The van der Waals surface area contributed by atoms with Gasteiger partial charge in [0, 0.05) is 43.6 Å². The topological polar surface area (TPSA) is 47.1 Å². The molecule has 0 radical (unpaired) electrons. The Hall–Kier alpha value is -1.81. The van der Waals surface area contributed by atoms with Crippen LogP contribution in [-0.4, -0.2) is 21.2 Å². The van der Waals surface area contributed by atoms with Crippen LogP contribution in [0.15, 0.2) is 30.6 Å². The summed E-state index contributed by atoms with van der Waals surface area (Å²) in [5.41, 5.74) is 10.9. The lowest BCUT2D eigenvalue weighted by molar-refractivity contribution is 0.192. The number of fused-ring (bicyclic) bond motifs is 1. The third kappa shape index (κ3) is 2.24. The van der Waals surface area contributed by atoms with Gasteiger partial charge in [-0.05, 0) is 30.5 Å². The maximum Gasteiger partial charge on any atom is 0.0537 e. The van der Waals surface area contributed by atoms with Gasteiger partial charge in [-0.1, -0.05) is 12.1 Å². The molecule has 0 bridgehead atoms. The number of nitrogen functional groups attached to an aromatic ring is 1. The van der Waals surface area contributed by atoms with E-state index in [9.17, 15) is 0 Å². The number of anilines is 1. The maximum absolute atomic E-state index is 6.05. The molecule has 100 valence electrons. The fourth-order valence-corrected chi connectivity index (χ4v) is 2.86. The molecule has 1 aromatic carbocycles. The van der Waals surface area contributed by atoms with Crippen LogP contribution in [0.1, 0.15) is 29.7 Å². The van der Waals surface area contributed by atoms with Crippen molar-refractivity contribution in [3.8, 4) is 0 Å². The zero-order chi connectivity index (χ0) is 13.4. The summed E-state index contributed by atoms with van der Waals surface area (Å²) in [6.45, 7) is 4.27. The molecule has 0 aliphatic carbocycles. The fourth-order valence-electron chi connectivity index (χ4n) is 2.86. The third-order valence-electron chi connectivity index (χ3n) is 4.09. The van der Waals surface area contributed by atoms with Crippen molar-refractivity contribution < 1.29 is 0 Å². The summed E-state index contributed by atoms with van der Waals surface area (Å²) in [5, 5.41) is 4.26. The van der Waals surface area contributed by atoms with Crippen LogP contribution in [0, 0.1) is 0 Å². The Bertz CT molecular complexity index is 588. The zero-order valence-electron chi connectivity index (χ0n) is 11.5. The summed E-state index contributed by atoms with van der Waals surface area (Å²) in [5.74, 6) is 0. The van der Waals surface area contributed by atoms with Gasteiger partial charge in [0.1, 0.15) is 0 Å². The van der Waals surface area contributed by atoms with E-state index in [1.165, 1.54) is 16.7 Å². The van der Waals surface area contributed by atoms with Crippen molar-refractivity contribution in [2.45, 2.75) is 25.9 Å². The van der Waals surface area contributed by atoms with Gasteiger partial charge in [0.25, 0.3) is 0 Å². The van der Waals surface area contributed by atoms with E-state index < -0.39 is 0 Å². The molecule has 1 aliphatic heterocycles. The minimum Gasteiger partial charge on any atom is -0.398 e. The van der Waals surface area contributed by atoms with Crippen LogP contribution < -0.4 is 5.73 Å². The molecule has 1 unspecified atom stereocenters. The quantitative estimate of drug-likeness (QED) is 0.837. The molecule has 0 amide bonds. The normalized spacial score (nSPS) is 17.2. The van der Waals surface area contributed by atoms with Crippen molar-refractivity contribution in [3.63, 3.8) is 0 Å². The fraction of sp³-hybridized carbons (Fsp3) is 0.400. The monoisotopic (exact) mass is 256 g/mol. The molecule has 1 aliphatic rings. The van der Waals surface area contributed by atoms with Crippen LogP contribution in [-0.2, 0) is 20.0 Å². The highest BCUT2D eigenvalue weighted by Gasteiger charge is 2.23. The van der Waals surface area contributed by atoms with Crippen molar-refractivity contribution in [1.82, 2.24) is 14.7 Å². The number of nitrogens with two attached hydrogens (primary N) is 1. The molecule has 2 aromatic rings. The number of rotatable bonds is 2. The van der Waals surface area contributed by atoms with Gasteiger partial charge < -0.3 is 5.73 Å².